The molecule has 0 heterocycles. The molecule has 1 saturated carbocycles. The molecule has 3 heteroatoms. The van der Waals surface area contributed by atoms with E-state index in [2.05, 4.69) is 10.1 Å². The molecule has 1 aliphatic rings. The Morgan fingerprint density at radius 3 is 3.00 bits per heavy atom. The van der Waals surface area contributed by atoms with Gasteiger partial charge in [0.2, 0.25) is 0 Å². The van der Waals surface area contributed by atoms with E-state index < -0.39 is 0 Å². The number of nitrogens with one attached hydrogen (secondary N) is 1. The predicted molar refractivity (Wildman–Crippen MR) is 42.2 cm³/mol. The van der Waals surface area contributed by atoms with Crippen LogP contribution in [-0.2, 0) is 9.53 Å². The molecule has 1 aliphatic carbocycles. The lowest BCUT2D eigenvalue weighted by Crippen LogP contribution is -2.15. The van der Waals surface area contributed by atoms with E-state index in [1.807, 2.05) is 0 Å². The Morgan fingerprint density at radius 2 is 2.45 bits per heavy atom. The van der Waals surface area contributed by atoms with Crippen LogP contribution in [0.2, 0.25) is 0 Å². The normalized spacial score (nSPS) is 17.2. The lowest BCUT2D eigenvalue weighted by Gasteiger charge is -1.94. The van der Waals surface area contributed by atoms with Crippen LogP contribution in [0.5, 0.6) is 0 Å². The van der Waals surface area contributed by atoms with E-state index in [1.54, 1.807) is 6.08 Å². The monoisotopic (exact) mass is 155 g/mol. The first-order valence-electron chi connectivity index (χ1n) is 3.81. The van der Waals surface area contributed by atoms with Gasteiger partial charge in [-0.05, 0) is 12.8 Å². The third-order valence-corrected chi connectivity index (χ3v) is 1.56. The Morgan fingerprint density at radius 1 is 1.73 bits per heavy atom. The Balaban J connectivity index is 1.99. The summed E-state index contributed by atoms with van der Waals surface area (Å²) in [6.45, 7) is 0.764. The SMILES string of the molecule is COC(=O)C=CCNC1CC1. The van der Waals surface area contributed by atoms with Crippen LogP contribution in [0.3, 0.4) is 0 Å². The van der Waals surface area contributed by atoms with Gasteiger partial charge in [0.1, 0.15) is 0 Å². The average Bonchev–Trinajstić information content (AvgIpc) is 2.81. The van der Waals surface area contributed by atoms with Crippen LogP contribution in [0.4, 0.5) is 0 Å². The van der Waals surface area contributed by atoms with Crippen molar-refractivity contribution in [1.82, 2.24) is 5.32 Å². The number of carbonyl (C=O) groups excluding carboxylic acids is 1. The second-order valence-electron chi connectivity index (χ2n) is 2.61. The van der Waals surface area contributed by atoms with Gasteiger partial charge in [0.15, 0.2) is 0 Å². The summed E-state index contributed by atoms with van der Waals surface area (Å²) in [7, 11) is 1.38. The Hall–Kier alpha value is -0.830. The van der Waals surface area contributed by atoms with Crippen molar-refractivity contribution in [2.75, 3.05) is 13.7 Å². The van der Waals surface area contributed by atoms with Crippen LogP contribution >= 0.6 is 0 Å². The molecular weight excluding hydrogens is 142 g/mol. The summed E-state index contributed by atoms with van der Waals surface area (Å²) in [5.74, 6) is -0.289. The van der Waals surface area contributed by atoms with Crippen LogP contribution in [0, 0.1) is 0 Å². The van der Waals surface area contributed by atoms with E-state index >= 15 is 0 Å². The Labute approximate surface area is 66.4 Å². The highest BCUT2D eigenvalue weighted by atomic mass is 16.5. The fourth-order valence-electron chi connectivity index (χ4n) is 0.745. The summed E-state index contributed by atoms with van der Waals surface area (Å²) < 4.78 is 4.42. The molecule has 0 aromatic heterocycles. The number of hydrogen-bond donors (Lipinski definition) is 1. The van der Waals surface area contributed by atoms with Crippen molar-refractivity contribution < 1.29 is 9.53 Å². The molecule has 0 atom stereocenters. The van der Waals surface area contributed by atoms with Gasteiger partial charge in [-0.3, -0.25) is 0 Å². The number of hydrogen-bond acceptors (Lipinski definition) is 3. The summed E-state index contributed by atoms with van der Waals surface area (Å²) in [5.41, 5.74) is 0. The average molecular weight is 155 g/mol. The minimum atomic E-state index is -0.289. The topological polar surface area (TPSA) is 38.3 Å². The lowest BCUT2D eigenvalue weighted by atomic mass is 10.5. The van der Waals surface area contributed by atoms with E-state index in [0.717, 1.165) is 6.54 Å². The number of methoxy groups -OCH3 is 1. The van der Waals surface area contributed by atoms with Crippen molar-refractivity contribution in [3.63, 3.8) is 0 Å². The van der Waals surface area contributed by atoms with Crippen molar-refractivity contribution in [2.45, 2.75) is 18.9 Å². The fraction of sp³-hybridized carbons (Fsp3) is 0.625. The molecule has 1 rings (SSSR count). The molecule has 0 amide bonds. The largest absolute Gasteiger partial charge is 0.466 e. The molecule has 0 bridgehead atoms. The molecule has 0 saturated heterocycles. The Kier molecular flexibility index (Phi) is 3.11. The number of esters is 1. The molecule has 0 unspecified atom stereocenters. The summed E-state index contributed by atoms with van der Waals surface area (Å²) in [6.07, 6.45) is 5.76. The minimum Gasteiger partial charge on any atom is -0.466 e. The first kappa shape index (κ1) is 8.27. The number of rotatable bonds is 4. The maximum absolute atomic E-state index is 10.5. The third kappa shape index (κ3) is 3.78. The molecule has 3 nitrogen and oxygen atoms in total. The molecule has 0 spiro atoms. The van der Waals surface area contributed by atoms with Gasteiger partial charge in [-0.1, -0.05) is 6.08 Å². The maximum atomic E-state index is 10.5. The van der Waals surface area contributed by atoms with Gasteiger partial charge in [-0.25, -0.2) is 4.79 Å². The highest BCUT2D eigenvalue weighted by Gasteiger charge is 2.18. The van der Waals surface area contributed by atoms with Crippen molar-refractivity contribution >= 4 is 5.97 Å². The highest BCUT2D eigenvalue weighted by molar-refractivity contribution is 5.81. The molecular formula is C8H13NO2. The molecule has 0 aromatic carbocycles. The molecule has 0 radical (unpaired) electrons. The van der Waals surface area contributed by atoms with Crippen LogP contribution in [-0.4, -0.2) is 25.7 Å². The van der Waals surface area contributed by atoms with Gasteiger partial charge in [0.25, 0.3) is 0 Å². The van der Waals surface area contributed by atoms with Crippen molar-refractivity contribution in [3.8, 4) is 0 Å². The van der Waals surface area contributed by atoms with Crippen LogP contribution in [0.1, 0.15) is 12.8 Å². The zero-order valence-corrected chi connectivity index (χ0v) is 6.67. The fourth-order valence-corrected chi connectivity index (χ4v) is 0.745. The molecule has 0 aliphatic heterocycles. The summed E-state index contributed by atoms with van der Waals surface area (Å²) in [5, 5.41) is 3.24. The van der Waals surface area contributed by atoms with Gasteiger partial charge < -0.3 is 10.1 Å². The van der Waals surface area contributed by atoms with Gasteiger partial charge in [0, 0.05) is 18.7 Å². The van der Waals surface area contributed by atoms with E-state index in [-0.39, 0.29) is 5.97 Å². The van der Waals surface area contributed by atoms with Crippen molar-refractivity contribution in [2.24, 2.45) is 0 Å². The highest BCUT2D eigenvalue weighted by Crippen LogP contribution is 2.17. The first-order valence-corrected chi connectivity index (χ1v) is 3.81. The summed E-state index contributed by atoms with van der Waals surface area (Å²) in [4.78, 5) is 10.5. The van der Waals surface area contributed by atoms with Crippen LogP contribution in [0.25, 0.3) is 0 Å². The quantitative estimate of drug-likeness (QED) is 0.473. The second kappa shape index (κ2) is 4.13. The van der Waals surface area contributed by atoms with E-state index in [9.17, 15) is 4.79 Å². The standard InChI is InChI=1S/C8H13NO2/c1-11-8(10)3-2-6-9-7-4-5-7/h2-3,7,9H,4-6H2,1H3. The lowest BCUT2D eigenvalue weighted by molar-refractivity contribution is -0.134. The summed E-state index contributed by atoms with van der Waals surface area (Å²) in [6, 6.07) is 0.692. The van der Waals surface area contributed by atoms with Crippen molar-refractivity contribution in [1.29, 1.82) is 0 Å². The first-order chi connectivity index (χ1) is 5.33. The molecule has 1 fully saturated rings. The Bertz CT molecular complexity index is 161. The maximum Gasteiger partial charge on any atom is 0.330 e. The minimum absolute atomic E-state index is 0.289. The summed E-state index contributed by atoms with van der Waals surface area (Å²) >= 11 is 0. The predicted octanol–water partition coefficient (Wildman–Crippen LogP) is 0.468. The smallest absolute Gasteiger partial charge is 0.330 e. The molecule has 11 heavy (non-hydrogen) atoms. The molecule has 0 aromatic rings. The second-order valence-corrected chi connectivity index (χ2v) is 2.61. The van der Waals surface area contributed by atoms with Crippen LogP contribution < -0.4 is 5.32 Å². The third-order valence-electron chi connectivity index (χ3n) is 1.56. The van der Waals surface area contributed by atoms with E-state index in [4.69, 9.17) is 0 Å². The van der Waals surface area contributed by atoms with E-state index in [1.165, 1.54) is 26.0 Å². The molecule has 1 N–H and O–H groups in total. The van der Waals surface area contributed by atoms with Gasteiger partial charge in [-0.15, -0.1) is 0 Å². The zero-order chi connectivity index (χ0) is 8.10. The molecule has 62 valence electrons. The zero-order valence-electron chi connectivity index (χ0n) is 6.67. The van der Waals surface area contributed by atoms with Gasteiger partial charge in [-0.2, -0.15) is 0 Å². The van der Waals surface area contributed by atoms with Crippen molar-refractivity contribution in [3.05, 3.63) is 12.2 Å². The van der Waals surface area contributed by atoms with Gasteiger partial charge >= 0.3 is 5.97 Å². The van der Waals surface area contributed by atoms with Gasteiger partial charge in [0.05, 0.1) is 7.11 Å². The number of carbonyl (C=O) groups is 1. The van der Waals surface area contributed by atoms with E-state index in [0.29, 0.717) is 6.04 Å². The van der Waals surface area contributed by atoms with Crippen LogP contribution in [0.15, 0.2) is 12.2 Å². The number of ether oxygens (including phenoxy) is 1.